The van der Waals surface area contributed by atoms with Gasteiger partial charge in [0.15, 0.2) is 0 Å². The topological polar surface area (TPSA) is 36.4 Å². The van der Waals surface area contributed by atoms with Crippen LogP contribution in [0.2, 0.25) is 5.02 Å². The maximum atomic E-state index is 12.9. The summed E-state index contributed by atoms with van der Waals surface area (Å²) >= 11 is 6.23. The van der Waals surface area contributed by atoms with Crippen LogP contribution >= 0.6 is 11.6 Å². The fraction of sp³-hybridized carbons (Fsp3) is 0.684. The molecule has 2 saturated carbocycles. The molecular weight excluding hydrogens is 322 g/mol. The predicted molar refractivity (Wildman–Crippen MR) is 94.7 cm³/mol. The molecule has 1 amide bonds. The van der Waals surface area contributed by atoms with Crippen molar-refractivity contribution in [1.82, 2.24) is 14.8 Å². The monoisotopic (exact) mass is 347 g/mol. The number of carbonyl (C=O) groups excluding carboxylic acids is 1. The smallest absolute Gasteiger partial charge is 0.226 e. The van der Waals surface area contributed by atoms with Crippen LogP contribution in [0.3, 0.4) is 0 Å². The zero-order chi connectivity index (χ0) is 16.6. The summed E-state index contributed by atoms with van der Waals surface area (Å²) in [6, 6.07) is 1.99. The van der Waals surface area contributed by atoms with E-state index < -0.39 is 0 Å². The number of nitrogens with zero attached hydrogens (tertiary/aromatic N) is 3. The van der Waals surface area contributed by atoms with Gasteiger partial charge in [0.2, 0.25) is 5.91 Å². The quantitative estimate of drug-likeness (QED) is 0.841. The Hall–Kier alpha value is -1.13. The van der Waals surface area contributed by atoms with Gasteiger partial charge in [0.05, 0.1) is 5.02 Å². The third-order valence-electron chi connectivity index (χ3n) is 6.24. The van der Waals surface area contributed by atoms with E-state index in [4.69, 9.17) is 11.6 Å². The molecule has 0 bridgehead atoms. The van der Waals surface area contributed by atoms with E-state index in [1.54, 1.807) is 12.4 Å². The van der Waals surface area contributed by atoms with Crippen molar-refractivity contribution in [3.8, 4) is 0 Å². The van der Waals surface area contributed by atoms with Gasteiger partial charge in [-0.25, -0.2) is 0 Å². The van der Waals surface area contributed by atoms with Crippen LogP contribution < -0.4 is 0 Å². The SMILES string of the molecule is O=C(C1CC12CCCC2)N1CCCN(Cc2ccncc2Cl)CC1. The van der Waals surface area contributed by atoms with Gasteiger partial charge in [-0.1, -0.05) is 24.4 Å². The molecule has 0 aromatic carbocycles. The molecule has 1 atom stereocenters. The van der Waals surface area contributed by atoms with Crippen molar-refractivity contribution in [3.63, 3.8) is 0 Å². The van der Waals surface area contributed by atoms with Gasteiger partial charge in [-0.15, -0.1) is 0 Å². The molecule has 5 heteroatoms. The average molecular weight is 348 g/mol. The lowest BCUT2D eigenvalue weighted by Gasteiger charge is -2.23. The molecule has 2 heterocycles. The second-order valence-electron chi connectivity index (χ2n) is 7.75. The Balaban J connectivity index is 1.33. The van der Waals surface area contributed by atoms with E-state index in [0.717, 1.165) is 56.2 Å². The highest BCUT2D eigenvalue weighted by Gasteiger charge is 2.59. The van der Waals surface area contributed by atoms with Gasteiger partial charge >= 0.3 is 0 Å². The molecule has 4 nitrogen and oxygen atoms in total. The first-order chi connectivity index (χ1) is 11.7. The summed E-state index contributed by atoms with van der Waals surface area (Å²) in [5, 5.41) is 0.732. The first-order valence-electron chi connectivity index (χ1n) is 9.27. The summed E-state index contributed by atoms with van der Waals surface area (Å²) in [5.74, 6) is 0.766. The van der Waals surface area contributed by atoms with E-state index >= 15 is 0 Å². The molecule has 4 rings (SSSR count). The first-order valence-corrected chi connectivity index (χ1v) is 9.65. The van der Waals surface area contributed by atoms with E-state index in [1.165, 1.54) is 25.7 Å². The minimum absolute atomic E-state index is 0.334. The second-order valence-corrected chi connectivity index (χ2v) is 8.16. The first kappa shape index (κ1) is 16.3. The standard InChI is InChI=1S/C19H26ClN3O/c20-17-13-21-7-4-15(17)14-22-8-3-9-23(11-10-22)18(24)16-12-19(16)5-1-2-6-19/h4,7,13,16H,1-3,5-6,8-12,14H2. The van der Waals surface area contributed by atoms with Crippen LogP contribution in [0.5, 0.6) is 0 Å². The summed E-state index contributed by atoms with van der Waals surface area (Å²) in [6.45, 7) is 4.57. The van der Waals surface area contributed by atoms with Crippen molar-refractivity contribution >= 4 is 17.5 Å². The van der Waals surface area contributed by atoms with Crippen LogP contribution in [-0.2, 0) is 11.3 Å². The molecule has 130 valence electrons. The molecule has 1 aliphatic heterocycles. The number of amides is 1. The van der Waals surface area contributed by atoms with Crippen LogP contribution in [-0.4, -0.2) is 46.9 Å². The highest BCUT2D eigenvalue weighted by molar-refractivity contribution is 6.31. The van der Waals surface area contributed by atoms with E-state index in [2.05, 4.69) is 14.8 Å². The molecule has 1 aromatic heterocycles. The maximum Gasteiger partial charge on any atom is 0.226 e. The molecular formula is C19H26ClN3O. The number of rotatable bonds is 3. The molecule has 0 N–H and O–H groups in total. The summed E-state index contributed by atoms with van der Waals surface area (Å²) in [4.78, 5) is 21.5. The van der Waals surface area contributed by atoms with Crippen molar-refractivity contribution < 1.29 is 4.79 Å². The Labute approximate surface area is 149 Å². The molecule has 24 heavy (non-hydrogen) atoms. The van der Waals surface area contributed by atoms with Crippen LogP contribution in [0, 0.1) is 11.3 Å². The van der Waals surface area contributed by atoms with Gasteiger partial charge in [-0.2, -0.15) is 0 Å². The van der Waals surface area contributed by atoms with E-state index in [1.807, 2.05) is 6.07 Å². The summed E-state index contributed by atoms with van der Waals surface area (Å²) in [6.07, 6.45) is 10.9. The Kier molecular flexibility index (Phi) is 4.52. The number of aromatic nitrogens is 1. The molecule has 3 fully saturated rings. The van der Waals surface area contributed by atoms with Gasteiger partial charge in [-0.05, 0) is 42.7 Å². The normalized spacial score (nSPS) is 26.5. The van der Waals surface area contributed by atoms with E-state index in [9.17, 15) is 4.79 Å². The maximum absolute atomic E-state index is 12.9. The Morgan fingerprint density at radius 1 is 1.21 bits per heavy atom. The Morgan fingerprint density at radius 3 is 2.83 bits per heavy atom. The molecule has 1 spiro atoms. The Bertz CT molecular complexity index is 614. The summed E-state index contributed by atoms with van der Waals surface area (Å²) in [5.41, 5.74) is 1.53. The summed E-state index contributed by atoms with van der Waals surface area (Å²) in [7, 11) is 0. The minimum Gasteiger partial charge on any atom is -0.341 e. The van der Waals surface area contributed by atoms with Gasteiger partial charge in [0.25, 0.3) is 0 Å². The number of halogens is 1. The van der Waals surface area contributed by atoms with Crippen molar-refractivity contribution in [1.29, 1.82) is 0 Å². The lowest BCUT2D eigenvalue weighted by molar-refractivity contribution is -0.133. The summed E-state index contributed by atoms with van der Waals surface area (Å²) < 4.78 is 0. The van der Waals surface area contributed by atoms with Crippen LogP contribution in [0.25, 0.3) is 0 Å². The lowest BCUT2D eigenvalue weighted by Crippen LogP contribution is -2.37. The van der Waals surface area contributed by atoms with Crippen molar-refractivity contribution in [3.05, 3.63) is 29.0 Å². The number of hydrogen-bond acceptors (Lipinski definition) is 3. The van der Waals surface area contributed by atoms with E-state index in [-0.39, 0.29) is 0 Å². The van der Waals surface area contributed by atoms with Crippen molar-refractivity contribution in [2.45, 2.75) is 45.1 Å². The molecule has 1 saturated heterocycles. The predicted octanol–water partition coefficient (Wildman–Crippen LogP) is 3.35. The Morgan fingerprint density at radius 2 is 2.04 bits per heavy atom. The van der Waals surface area contributed by atoms with Crippen LogP contribution in [0.4, 0.5) is 0 Å². The second kappa shape index (κ2) is 6.64. The third kappa shape index (κ3) is 3.18. The van der Waals surface area contributed by atoms with Crippen molar-refractivity contribution in [2.75, 3.05) is 26.2 Å². The van der Waals surface area contributed by atoms with Crippen LogP contribution in [0.1, 0.15) is 44.1 Å². The largest absolute Gasteiger partial charge is 0.341 e. The minimum atomic E-state index is 0.334. The van der Waals surface area contributed by atoms with Crippen LogP contribution in [0.15, 0.2) is 18.5 Å². The highest BCUT2D eigenvalue weighted by Crippen LogP contribution is 2.63. The van der Waals surface area contributed by atoms with Gasteiger partial charge < -0.3 is 4.90 Å². The highest BCUT2D eigenvalue weighted by atomic mass is 35.5. The van der Waals surface area contributed by atoms with Gasteiger partial charge in [0.1, 0.15) is 0 Å². The van der Waals surface area contributed by atoms with Gasteiger partial charge in [0, 0.05) is 51.0 Å². The molecule has 1 aromatic rings. The lowest BCUT2D eigenvalue weighted by atomic mass is 10.0. The third-order valence-corrected chi connectivity index (χ3v) is 6.58. The number of pyridine rings is 1. The number of carbonyl (C=O) groups is 1. The molecule has 1 unspecified atom stereocenters. The van der Waals surface area contributed by atoms with E-state index in [0.29, 0.717) is 17.2 Å². The molecule has 3 aliphatic rings. The fourth-order valence-corrected chi connectivity index (χ4v) is 4.85. The fourth-order valence-electron chi connectivity index (χ4n) is 4.67. The molecule has 2 aliphatic carbocycles. The van der Waals surface area contributed by atoms with Crippen molar-refractivity contribution in [2.24, 2.45) is 11.3 Å². The molecule has 0 radical (unpaired) electrons. The zero-order valence-electron chi connectivity index (χ0n) is 14.2. The van der Waals surface area contributed by atoms with Gasteiger partial charge in [-0.3, -0.25) is 14.7 Å². The number of hydrogen-bond donors (Lipinski definition) is 0. The zero-order valence-corrected chi connectivity index (χ0v) is 15.0. The average Bonchev–Trinajstić information content (AvgIpc) is 3.17.